The summed E-state index contributed by atoms with van der Waals surface area (Å²) in [5.41, 5.74) is 2.65. The molecule has 1 aliphatic rings. The molecule has 0 saturated heterocycles. The lowest BCUT2D eigenvalue weighted by atomic mass is 9.97. The SMILES string of the molecule is Fc1ccc(CCNc2nccc(NCCC3=CCCCC3)n2)cc1. The van der Waals surface area contributed by atoms with Gasteiger partial charge in [-0.2, -0.15) is 4.98 Å². The number of aromatic nitrogens is 2. The van der Waals surface area contributed by atoms with Crippen LogP contribution in [0, 0.1) is 5.82 Å². The molecule has 0 spiro atoms. The number of hydrogen-bond acceptors (Lipinski definition) is 4. The highest BCUT2D eigenvalue weighted by Crippen LogP contribution is 2.20. The Hall–Kier alpha value is -2.43. The third-order valence-corrected chi connectivity index (χ3v) is 4.40. The average molecular weight is 340 g/mol. The van der Waals surface area contributed by atoms with Gasteiger partial charge in [0.05, 0.1) is 0 Å². The highest BCUT2D eigenvalue weighted by Gasteiger charge is 2.04. The summed E-state index contributed by atoms with van der Waals surface area (Å²) in [7, 11) is 0. The molecule has 0 amide bonds. The molecule has 0 saturated carbocycles. The Morgan fingerprint density at radius 1 is 0.960 bits per heavy atom. The maximum Gasteiger partial charge on any atom is 0.224 e. The van der Waals surface area contributed by atoms with Crippen molar-refractivity contribution in [3.05, 3.63) is 59.6 Å². The lowest BCUT2D eigenvalue weighted by Crippen LogP contribution is -2.10. The molecule has 0 aliphatic heterocycles. The molecule has 132 valence electrons. The fourth-order valence-electron chi connectivity index (χ4n) is 2.99. The zero-order chi connectivity index (χ0) is 17.3. The number of nitrogens with one attached hydrogen (secondary N) is 2. The Morgan fingerprint density at radius 3 is 2.60 bits per heavy atom. The molecular weight excluding hydrogens is 315 g/mol. The van der Waals surface area contributed by atoms with Crippen molar-refractivity contribution in [2.24, 2.45) is 0 Å². The Morgan fingerprint density at radius 2 is 1.80 bits per heavy atom. The number of halogens is 1. The van der Waals surface area contributed by atoms with Crippen LogP contribution in [0.1, 0.15) is 37.7 Å². The molecule has 2 aromatic rings. The minimum Gasteiger partial charge on any atom is -0.370 e. The van der Waals surface area contributed by atoms with E-state index in [4.69, 9.17) is 0 Å². The monoisotopic (exact) mass is 340 g/mol. The van der Waals surface area contributed by atoms with E-state index in [9.17, 15) is 4.39 Å². The molecule has 1 aromatic carbocycles. The smallest absolute Gasteiger partial charge is 0.224 e. The summed E-state index contributed by atoms with van der Waals surface area (Å²) >= 11 is 0. The van der Waals surface area contributed by atoms with Crippen LogP contribution < -0.4 is 10.6 Å². The molecule has 1 aliphatic carbocycles. The maximum absolute atomic E-state index is 12.9. The molecule has 0 atom stereocenters. The molecule has 0 unspecified atom stereocenters. The highest BCUT2D eigenvalue weighted by atomic mass is 19.1. The first-order valence-corrected chi connectivity index (χ1v) is 9.03. The van der Waals surface area contributed by atoms with Crippen molar-refractivity contribution in [1.29, 1.82) is 0 Å². The van der Waals surface area contributed by atoms with Crippen molar-refractivity contribution in [2.45, 2.75) is 38.5 Å². The number of allylic oxidation sites excluding steroid dienone is 1. The van der Waals surface area contributed by atoms with Crippen molar-refractivity contribution in [2.75, 3.05) is 23.7 Å². The first-order valence-electron chi connectivity index (χ1n) is 9.03. The van der Waals surface area contributed by atoms with Crippen molar-refractivity contribution < 1.29 is 4.39 Å². The third-order valence-electron chi connectivity index (χ3n) is 4.40. The van der Waals surface area contributed by atoms with E-state index in [0.717, 1.165) is 30.8 Å². The first-order chi connectivity index (χ1) is 12.3. The minimum atomic E-state index is -0.206. The van der Waals surface area contributed by atoms with Gasteiger partial charge in [0, 0.05) is 19.3 Å². The zero-order valence-electron chi connectivity index (χ0n) is 14.5. The second-order valence-corrected chi connectivity index (χ2v) is 6.35. The Balaban J connectivity index is 1.42. The molecular formula is C20H25FN4. The summed E-state index contributed by atoms with van der Waals surface area (Å²) < 4.78 is 12.9. The fourth-order valence-corrected chi connectivity index (χ4v) is 2.99. The molecule has 25 heavy (non-hydrogen) atoms. The van der Waals surface area contributed by atoms with Gasteiger partial charge in [-0.05, 0) is 62.3 Å². The van der Waals surface area contributed by atoms with E-state index in [1.54, 1.807) is 23.9 Å². The van der Waals surface area contributed by atoms with Gasteiger partial charge in [0.25, 0.3) is 0 Å². The maximum atomic E-state index is 12.9. The first kappa shape index (κ1) is 17.4. The van der Waals surface area contributed by atoms with Gasteiger partial charge in [-0.1, -0.05) is 23.8 Å². The number of nitrogens with zero attached hydrogens (tertiary/aromatic N) is 2. The molecule has 0 bridgehead atoms. The van der Waals surface area contributed by atoms with Crippen LogP contribution in [0.2, 0.25) is 0 Å². The minimum absolute atomic E-state index is 0.206. The van der Waals surface area contributed by atoms with Crippen LogP contribution in [-0.4, -0.2) is 23.1 Å². The molecule has 5 heteroatoms. The van der Waals surface area contributed by atoms with Crippen LogP contribution in [0.4, 0.5) is 16.2 Å². The number of hydrogen-bond donors (Lipinski definition) is 2. The van der Waals surface area contributed by atoms with E-state index in [1.807, 2.05) is 6.07 Å². The number of anilines is 2. The van der Waals surface area contributed by atoms with E-state index >= 15 is 0 Å². The molecule has 1 heterocycles. The van der Waals surface area contributed by atoms with Gasteiger partial charge in [0.2, 0.25) is 5.95 Å². The molecule has 2 N–H and O–H groups in total. The van der Waals surface area contributed by atoms with Crippen molar-refractivity contribution in [3.63, 3.8) is 0 Å². The predicted octanol–water partition coefficient (Wildman–Crippen LogP) is 4.57. The van der Waals surface area contributed by atoms with Gasteiger partial charge in [0.1, 0.15) is 11.6 Å². The van der Waals surface area contributed by atoms with Crippen LogP contribution in [0.3, 0.4) is 0 Å². The highest BCUT2D eigenvalue weighted by molar-refractivity contribution is 5.39. The zero-order valence-corrected chi connectivity index (χ0v) is 14.5. The number of rotatable bonds is 8. The summed E-state index contributed by atoms with van der Waals surface area (Å²) in [4.78, 5) is 8.74. The largest absolute Gasteiger partial charge is 0.370 e. The van der Waals surface area contributed by atoms with Crippen LogP contribution >= 0.6 is 0 Å². The van der Waals surface area contributed by atoms with Gasteiger partial charge < -0.3 is 10.6 Å². The lowest BCUT2D eigenvalue weighted by Gasteiger charge is -2.13. The van der Waals surface area contributed by atoms with Crippen molar-refractivity contribution in [1.82, 2.24) is 9.97 Å². The van der Waals surface area contributed by atoms with Gasteiger partial charge in [-0.15, -0.1) is 0 Å². The van der Waals surface area contributed by atoms with E-state index < -0.39 is 0 Å². The van der Waals surface area contributed by atoms with E-state index in [2.05, 4.69) is 26.7 Å². The van der Waals surface area contributed by atoms with Crippen LogP contribution in [0.5, 0.6) is 0 Å². The van der Waals surface area contributed by atoms with Gasteiger partial charge in [-0.25, -0.2) is 9.37 Å². The Labute approximate surface area is 148 Å². The van der Waals surface area contributed by atoms with Crippen LogP contribution in [0.15, 0.2) is 48.2 Å². The number of benzene rings is 1. The Bertz CT molecular complexity index is 697. The van der Waals surface area contributed by atoms with Crippen molar-refractivity contribution >= 4 is 11.8 Å². The molecule has 0 radical (unpaired) electrons. The summed E-state index contributed by atoms with van der Waals surface area (Å²) in [6.45, 7) is 1.61. The van der Waals surface area contributed by atoms with Gasteiger partial charge in [0.15, 0.2) is 0 Å². The normalized spacial score (nSPS) is 14.0. The van der Waals surface area contributed by atoms with E-state index in [0.29, 0.717) is 12.5 Å². The summed E-state index contributed by atoms with van der Waals surface area (Å²) in [5, 5.41) is 6.59. The van der Waals surface area contributed by atoms with Gasteiger partial charge in [-0.3, -0.25) is 0 Å². The molecule has 1 aromatic heterocycles. The van der Waals surface area contributed by atoms with Crippen molar-refractivity contribution in [3.8, 4) is 0 Å². The fraction of sp³-hybridized carbons (Fsp3) is 0.400. The summed E-state index contributed by atoms with van der Waals surface area (Å²) in [6, 6.07) is 8.46. The molecule has 0 fully saturated rings. The summed E-state index contributed by atoms with van der Waals surface area (Å²) in [6.07, 6.45) is 11.1. The Kier molecular flexibility index (Phi) is 6.37. The average Bonchev–Trinajstić information content (AvgIpc) is 2.65. The van der Waals surface area contributed by atoms with E-state index in [-0.39, 0.29) is 5.82 Å². The quantitative estimate of drug-likeness (QED) is 0.691. The standard InChI is InChI=1S/C20H25FN4/c21-18-8-6-17(7-9-18)11-14-23-20-24-15-12-19(25-20)22-13-10-16-4-2-1-3-5-16/h4,6-9,12,15H,1-3,5,10-11,13-14H2,(H2,22,23,24,25). The van der Waals surface area contributed by atoms with Gasteiger partial charge >= 0.3 is 0 Å². The lowest BCUT2D eigenvalue weighted by molar-refractivity contribution is 0.627. The summed E-state index contributed by atoms with van der Waals surface area (Å²) in [5.74, 6) is 1.25. The second kappa shape index (κ2) is 9.16. The molecule has 3 rings (SSSR count). The van der Waals surface area contributed by atoms with E-state index in [1.165, 1.54) is 37.8 Å². The second-order valence-electron chi connectivity index (χ2n) is 6.35. The third kappa shape index (κ3) is 5.85. The van der Waals surface area contributed by atoms with Crippen LogP contribution in [0.25, 0.3) is 0 Å². The molecule has 4 nitrogen and oxygen atoms in total. The predicted molar refractivity (Wildman–Crippen MR) is 100 cm³/mol. The van der Waals surface area contributed by atoms with Crippen LogP contribution in [-0.2, 0) is 6.42 Å². The topological polar surface area (TPSA) is 49.8 Å².